The van der Waals surface area contributed by atoms with E-state index in [0.717, 1.165) is 17.7 Å². The molecule has 0 aliphatic carbocycles. The number of nitrogens with one attached hydrogen (secondary N) is 1. The zero-order valence-electron chi connectivity index (χ0n) is 15.4. The van der Waals surface area contributed by atoms with Crippen molar-refractivity contribution < 1.29 is 23.7 Å². The lowest BCUT2D eigenvalue weighted by molar-refractivity contribution is 0.102. The Kier molecular flexibility index (Phi) is 5.21. The summed E-state index contributed by atoms with van der Waals surface area (Å²) in [7, 11) is 3.09. The molecule has 1 aliphatic rings. The molecule has 0 bridgehead atoms. The molecule has 0 aromatic heterocycles. The van der Waals surface area contributed by atoms with Crippen LogP contribution in [-0.2, 0) is 6.42 Å². The predicted octanol–water partition coefficient (Wildman–Crippen LogP) is 3.68. The zero-order valence-corrected chi connectivity index (χ0v) is 15.4. The number of ether oxygens (including phenoxy) is 4. The third-order valence-electron chi connectivity index (χ3n) is 4.16. The third-order valence-corrected chi connectivity index (χ3v) is 4.16. The highest BCUT2D eigenvalue weighted by atomic mass is 16.5. The van der Waals surface area contributed by atoms with Crippen molar-refractivity contribution in [2.24, 2.45) is 0 Å². The summed E-state index contributed by atoms with van der Waals surface area (Å²) in [5.74, 6) is 2.22. The number of fused-ring (bicyclic) bond motifs is 1. The normalized spacial score (nSPS) is 15.0. The minimum Gasteiger partial charge on any atom is -0.497 e. The van der Waals surface area contributed by atoms with Crippen molar-refractivity contribution in [3.05, 3.63) is 41.5 Å². The molecule has 6 heteroatoms. The number of rotatable bonds is 6. The number of benzene rings is 2. The fourth-order valence-electron chi connectivity index (χ4n) is 2.94. The topological polar surface area (TPSA) is 66.0 Å². The van der Waals surface area contributed by atoms with Gasteiger partial charge in [0, 0.05) is 29.7 Å². The Morgan fingerprint density at radius 3 is 2.46 bits per heavy atom. The van der Waals surface area contributed by atoms with Crippen LogP contribution in [0, 0.1) is 0 Å². The lowest BCUT2D eigenvalue weighted by Gasteiger charge is -2.14. The lowest BCUT2D eigenvalue weighted by Crippen LogP contribution is -2.13. The van der Waals surface area contributed by atoms with E-state index in [1.54, 1.807) is 32.4 Å². The van der Waals surface area contributed by atoms with Crippen LogP contribution in [-0.4, -0.2) is 32.8 Å². The average molecular weight is 357 g/mol. The Bertz CT molecular complexity index is 796. The largest absolute Gasteiger partial charge is 0.497 e. The fraction of sp³-hybridized carbons (Fsp3) is 0.350. The summed E-state index contributed by atoms with van der Waals surface area (Å²) in [5.41, 5.74) is 2.09. The van der Waals surface area contributed by atoms with Crippen LogP contribution in [0.25, 0.3) is 0 Å². The first-order chi connectivity index (χ1) is 12.5. The number of hydrogen-bond donors (Lipinski definition) is 1. The summed E-state index contributed by atoms with van der Waals surface area (Å²) in [4.78, 5) is 12.8. The Morgan fingerprint density at radius 2 is 1.85 bits per heavy atom. The van der Waals surface area contributed by atoms with Crippen molar-refractivity contribution in [2.45, 2.75) is 26.4 Å². The van der Waals surface area contributed by atoms with Crippen LogP contribution in [0.3, 0.4) is 0 Å². The lowest BCUT2D eigenvalue weighted by atomic mass is 10.1. The van der Waals surface area contributed by atoms with Gasteiger partial charge in [-0.05, 0) is 32.0 Å². The van der Waals surface area contributed by atoms with Gasteiger partial charge in [-0.3, -0.25) is 4.79 Å². The van der Waals surface area contributed by atoms with Crippen LogP contribution < -0.4 is 24.3 Å². The van der Waals surface area contributed by atoms with Crippen molar-refractivity contribution in [2.75, 3.05) is 26.1 Å². The van der Waals surface area contributed by atoms with Crippen LogP contribution >= 0.6 is 0 Å². The molecule has 3 rings (SSSR count). The van der Waals surface area contributed by atoms with Crippen molar-refractivity contribution >= 4 is 11.6 Å². The molecule has 1 heterocycles. The summed E-state index contributed by atoms with van der Waals surface area (Å²) in [6.07, 6.45) is 0.949. The summed E-state index contributed by atoms with van der Waals surface area (Å²) >= 11 is 0. The van der Waals surface area contributed by atoms with E-state index in [1.165, 1.54) is 0 Å². The average Bonchev–Trinajstić information content (AvgIpc) is 3.00. The van der Waals surface area contributed by atoms with E-state index in [4.69, 9.17) is 18.9 Å². The SMILES string of the molecule is CCOc1cc2c(cc1NC(=O)c1cc(OC)cc(OC)c1)OC(C)C2. The Labute approximate surface area is 153 Å². The Hall–Kier alpha value is -2.89. The van der Waals surface area contributed by atoms with E-state index in [0.29, 0.717) is 35.1 Å². The minimum absolute atomic E-state index is 0.119. The third kappa shape index (κ3) is 3.69. The second kappa shape index (κ2) is 7.56. The fourth-order valence-corrected chi connectivity index (χ4v) is 2.94. The predicted molar refractivity (Wildman–Crippen MR) is 98.9 cm³/mol. The molecule has 2 aromatic carbocycles. The highest BCUT2D eigenvalue weighted by molar-refractivity contribution is 6.05. The summed E-state index contributed by atoms with van der Waals surface area (Å²) in [5, 5.41) is 2.90. The molecule has 1 amide bonds. The molecule has 138 valence electrons. The summed E-state index contributed by atoms with van der Waals surface area (Å²) in [6, 6.07) is 8.78. The number of anilines is 1. The van der Waals surface area contributed by atoms with Gasteiger partial charge in [0.2, 0.25) is 0 Å². The summed E-state index contributed by atoms with van der Waals surface area (Å²) < 4.78 is 22.0. The molecule has 0 fully saturated rings. The molecule has 1 atom stereocenters. The quantitative estimate of drug-likeness (QED) is 0.854. The maximum absolute atomic E-state index is 12.8. The van der Waals surface area contributed by atoms with Gasteiger partial charge in [0.15, 0.2) is 0 Å². The molecule has 26 heavy (non-hydrogen) atoms. The van der Waals surface area contributed by atoms with Gasteiger partial charge in [0.1, 0.15) is 29.1 Å². The molecule has 1 unspecified atom stereocenters. The number of amides is 1. The molecule has 6 nitrogen and oxygen atoms in total. The number of methoxy groups -OCH3 is 2. The number of carbonyl (C=O) groups is 1. The highest BCUT2D eigenvalue weighted by Crippen LogP contribution is 2.38. The van der Waals surface area contributed by atoms with Crippen LogP contribution in [0.2, 0.25) is 0 Å². The highest BCUT2D eigenvalue weighted by Gasteiger charge is 2.23. The van der Waals surface area contributed by atoms with E-state index in [1.807, 2.05) is 26.0 Å². The first-order valence-corrected chi connectivity index (χ1v) is 8.54. The molecule has 1 N–H and O–H groups in total. The second-order valence-corrected chi connectivity index (χ2v) is 6.08. The van der Waals surface area contributed by atoms with E-state index in [2.05, 4.69) is 5.32 Å². The second-order valence-electron chi connectivity index (χ2n) is 6.08. The molecular weight excluding hydrogens is 334 g/mol. The van der Waals surface area contributed by atoms with Crippen LogP contribution in [0.1, 0.15) is 29.8 Å². The van der Waals surface area contributed by atoms with Gasteiger partial charge in [-0.15, -0.1) is 0 Å². The van der Waals surface area contributed by atoms with Crippen molar-refractivity contribution in [1.29, 1.82) is 0 Å². The molecule has 0 radical (unpaired) electrons. The van der Waals surface area contributed by atoms with Crippen molar-refractivity contribution in [1.82, 2.24) is 0 Å². The van der Waals surface area contributed by atoms with Gasteiger partial charge in [-0.1, -0.05) is 0 Å². The Balaban J connectivity index is 1.91. The standard InChI is InChI=1S/C20H23NO5/c1-5-25-19-9-13-6-12(2)26-18(13)11-17(19)21-20(22)14-7-15(23-3)10-16(8-14)24-4/h7-12H,5-6H2,1-4H3,(H,21,22). The van der Waals surface area contributed by atoms with Crippen LogP contribution in [0.4, 0.5) is 5.69 Å². The van der Waals surface area contributed by atoms with Gasteiger partial charge < -0.3 is 24.3 Å². The number of hydrogen-bond acceptors (Lipinski definition) is 5. The molecule has 1 aliphatic heterocycles. The first-order valence-electron chi connectivity index (χ1n) is 8.54. The molecule has 0 saturated carbocycles. The van der Waals surface area contributed by atoms with Crippen LogP contribution in [0.15, 0.2) is 30.3 Å². The van der Waals surface area contributed by atoms with Crippen LogP contribution in [0.5, 0.6) is 23.0 Å². The summed E-state index contributed by atoms with van der Waals surface area (Å²) in [6.45, 7) is 4.43. The minimum atomic E-state index is -0.283. The maximum Gasteiger partial charge on any atom is 0.256 e. The van der Waals surface area contributed by atoms with E-state index < -0.39 is 0 Å². The molecule has 0 spiro atoms. The molecule has 2 aromatic rings. The molecular formula is C20H23NO5. The smallest absolute Gasteiger partial charge is 0.256 e. The van der Waals surface area contributed by atoms with Gasteiger partial charge in [0.25, 0.3) is 5.91 Å². The van der Waals surface area contributed by atoms with Crippen molar-refractivity contribution in [3.8, 4) is 23.0 Å². The Morgan fingerprint density at radius 1 is 1.15 bits per heavy atom. The molecule has 0 saturated heterocycles. The van der Waals surface area contributed by atoms with E-state index in [9.17, 15) is 4.79 Å². The first kappa shape index (κ1) is 17.9. The monoisotopic (exact) mass is 357 g/mol. The van der Waals surface area contributed by atoms with Gasteiger partial charge in [-0.2, -0.15) is 0 Å². The van der Waals surface area contributed by atoms with E-state index >= 15 is 0 Å². The van der Waals surface area contributed by atoms with E-state index in [-0.39, 0.29) is 12.0 Å². The maximum atomic E-state index is 12.8. The zero-order chi connectivity index (χ0) is 18.7. The van der Waals surface area contributed by atoms with Gasteiger partial charge in [0.05, 0.1) is 26.5 Å². The number of carbonyl (C=O) groups excluding carboxylic acids is 1. The van der Waals surface area contributed by atoms with Gasteiger partial charge >= 0.3 is 0 Å². The van der Waals surface area contributed by atoms with Gasteiger partial charge in [-0.25, -0.2) is 0 Å². The van der Waals surface area contributed by atoms with Crippen molar-refractivity contribution in [3.63, 3.8) is 0 Å².